The Bertz CT molecular complexity index is 1200. The zero-order valence-electron chi connectivity index (χ0n) is 15.7. The Morgan fingerprint density at radius 1 is 1.10 bits per heavy atom. The van der Waals surface area contributed by atoms with Crippen LogP contribution in [0.1, 0.15) is 16.5 Å². The van der Waals surface area contributed by atoms with Crippen LogP contribution in [-0.4, -0.2) is 10.9 Å². The van der Waals surface area contributed by atoms with E-state index in [1.807, 2.05) is 53.9 Å². The van der Waals surface area contributed by atoms with E-state index >= 15 is 0 Å². The van der Waals surface area contributed by atoms with Crippen LogP contribution in [-0.2, 0) is 11.2 Å². The molecule has 4 rings (SSSR count). The maximum atomic E-state index is 14.0. The predicted molar refractivity (Wildman–Crippen MR) is 117 cm³/mol. The number of halogens is 1. The number of benzene rings is 2. The van der Waals surface area contributed by atoms with E-state index in [2.05, 4.69) is 5.32 Å². The minimum absolute atomic E-state index is 0.0599. The molecule has 2 aromatic heterocycles. The third-order valence-corrected chi connectivity index (χ3v) is 6.43. The second-order valence-corrected chi connectivity index (χ2v) is 8.49. The fourth-order valence-corrected chi connectivity index (χ4v) is 4.91. The van der Waals surface area contributed by atoms with Gasteiger partial charge in [0.2, 0.25) is 5.91 Å². The van der Waals surface area contributed by atoms with Gasteiger partial charge in [0.25, 0.3) is 0 Å². The maximum Gasteiger partial charge on any atom is 0.226 e. The molecule has 30 heavy (non-hydrogen) atoms. The number of aromatic nitrogens is 1. The lowest BCUT2D eigenvalue weighted by molar-refractivity contribution is -0.120. The molecule has 1 amide bonds. The normalized spacial score (nSPS) is 11.6. The van der Waals surface area contributed by atoms with Crippen LogP contribution in [0.15, 0.2) is 72.1 Å². The van der Waals surface area contributed by atoms with Crippen molar-refractivity contribution in [3.63, 3.8) is 0 Å². The van der Waals surface area contributed by atoms with Crippen molar-refractivity contribution >= 4 is 28.6 Å². The quantitative estimate of drug-likeness (QED) is 0.430. The van der Waals surface area contributed by atoms with Crippen molar-refractivity contribution < 1.29 is 9.18 Å². The SMILES string of the molecule is N#CC(NC(=O)Cc1sc(-c2ccccc2)nc1-c1cccs1)c1ccccc1F. The Hall–Kier alpha value is -3.34. The highest BCUT2D eigenvalue weighted by Crippen LogP contribution is 2.36. The zero-order valence-corrected chi connectivity index (χ0v) is 17.3. The first kappa shape index (κ1) is 20.0. The first-order chi connectivity index (χ1) is 14.7. The van der Waals surface area contributed by atoms with Crippen molar-refractivity contribution in [3.05, 3.63) is 88.4 Å². The summed E-state index contributed by atoms with van der Waals surface area (Å²) in [7, 11) is 0. The molecule has 0 saturated heterocycles. The van der Waals surface area contributed by atoms with Gasteiger partial charge in [-0.15, -0.1) is 22.7 Å². The van der Waals surface area contributed by atoms with Crippen LogP contribution in [0.2, 0.25) is 0 Å². The zero-order chi connectivity index (χ0) is 20.9. The summed E-state index contributed by atoms with van der Waals surface area (Å²) >= 11 is 3.00. The highest BCUT2D eigenvalue weighted by atomic mass is 32.1. The summed E-state index contributed by atoms with van der Waals surface area (Å²) in [5, 5.41) is 14.9. The molecule has 0 aliphatic carbocycles. The van der Waals surface area contributed by atoms with Gasteiger partial charge in [0.05, 0.1) is 23.1 Å². The first-order valence-electron chi connectivity index (χ1n) is 9.18. The fraction of sp³-hybridized carbons (Fsp3) is 0.0870. The van der Waals surface area contributed by atoms with E-state index in [1.54, 1.807) is 23.5 Å². The maximum absolute atomic E-state index is 14.0. The number of thiophene rings is 1. The smallest absolute Gasteiger partial charge is 0.226 e. The van der Waals surface area contributed by atoms with Crippen LogP contribution < -0.4 is 5.32 Å². The van der Waals surface area contributed by atoms with E-state index < -0.39 is 11.9 Å². The Labute approximate surface area is 181 Å². The Morgan fingerprint density at radius 3 is 2.57 bits per heavy atom. The second kappa shape index (κ2) is 8.99. The van der Waals surface area contributed by atoms with E-state index in [9.17, 15) is 14.4 Å². The van der Waals surface area contributed by atoms with Gasteiger partial charge < -0.3 is 5.32 Å². The second-order valence-electron chi connectivity index (χ2n) is 6.46. The first-order valence-corrected chi connectivity index (χ1v) is 10.9. The number of nitrogens with zero attached hydrogens (tertiary/aromatic N) is 2. The van der Waals surface area contributed by atoms with E-state index in [4.69, 9.17) is 4.98 Å². The summed E-state index contributed by atoms with van der Waals surface area (Å²) in [5.74, 6) is -0.876. The molecule has 148 valence electrons. The molecule has 1 atom stereocenters. The van der Waals surface area contributed by atoms with Crippen LogP contribution in [0, 0.1) is 17.1 Å². The number of rotatable bonds is 6. The molecule has 7 heteroatoms. The number of amides is 1. The number of carbonyl (C=O) groups excluding carboxylic acids is 1. The lowest BCUT2D eigenvalue weighted by atomic mass is 10.1. The molecule has 0 aliphatic heterocycles. The number of nitriles is 1. The Kier molecular flexibility index (Phi) is 5.98. The van der Waals surface area contributed by atoms with Gasteiger partial charge in [0.15, 0.2) is 0 Å². The number of thiazole rings is 1. The molecule has 0 aliphatic rings. The van der Waals surface area contributed by atoms with Crippen molar-refractivity contribution in [2.24, 2.45) is 0 Å². The van der Waals surface area contributed by atoms with E-state index in [0.29, 0.717) is 0 Å². The molecule has 0 saturated carbocycles. The summed E-state index contributed by atoms with van der Waals surface area (Å²) in [6.07, 6.45) is 0.0599. The van der Waals surface area contributed by atoms with Gasteiger partial charge in [-0.2, -0.15) is 5.26 Å². The highest BCUT2D eigenvalue weighted by Gasteiger charge is 2.21. The average Bonchev–Trinajstić information content (AvgIpc) is 3.43. The molecule has 2 heterocycles. The minimum atomic E-state index is -1.05. The van der Waals surface area contributed by atoms with Gasteiger partial charge in [0, 0.05) is 16.0 Å². The van der Waals surface area contributed by atoms with Gasteiger partial charge in [-0.05, 0) is 17.5 Å². The Morgan fingerprint density at radius 2 is 1.87 bits per heavy atom. The predicted octanol–water partition coefficient (Wildman–Crippen LogP) is 5.60. The van der Waals surface area contributed by atoms with Crippen LogP contribution >= 0.6 is 22.7 Å². The summed E-state index contributed by atoms with van der Waals surface area (Å²) in [5.41, 5.74) is 1.90. The van der Waals surface area contributed by atoms with Crippen molar-refractivity contribution in [1.82, 2.24) is 10.3 Å². The molecule has 1 N–H and O–H groups in total. The monoisotopic (exact) mass is 433 g/mol. The third kappa shape index (κ3) is 4.30. The molecule has 0 fully saturated rings. The largest absolute Gasteiger partial charge is 0.336 e. The van der Waals surface area contributed by atoms with E-state index in [1.165, 1.54) is 23.5 Å². The van der Waals surface area contributed by atoms with Gasteiger partial charge in [0.1, 0.15) is 16.9 Å². The lowest BCUT2D eigenvalue weighted by Crippen LogP contribution is -2.29. The van der Waals surface area contributed by atoms with E-state index in [0.717, 1.165) is 26.0 Å². The average molecular weight is 434 g/mol. The summed E-state index contributed by atoms with van der Waals surface area (Å²) in [4.78, 5) is 19.3. The molecule has 4 nitrogen and oxygen atoms in total. The highest BCUT2D eigenvalue weighted by molar-refractivity contribution is 7.17. The summed E-state index contributed by atoms with van der Waals surface area (Å²) < 4.78 is 14.0. The van der Waals surface area contributed by atoms with Crippen LogP contribution in [0.4, 0.5) is 4.39 Å². The Balaban J connectivity index is 1.60. The molecule has 0 spiro atoms. The van der Waals surface area contributed by atoms with E-state index in [-0.39, 0.29) is 17.9 Å². The molecular formula is C23H16FN3OS2. The topological polar surface area (TPSA) is 65.8 Å². The molecule has 2 aromatic carbocycles. The van der Waals surface area contributed by atoms with Crippen molar-refractivity contribution in [2.75, 3.05) is 0 Å². The molecule has 0 bridgehead atoms. The summed E-state index contributed by atoms with van der Waals surface area (Å²) in [6.45, 7) is 0. The fourth-order valence-electron chi connectivity index (χ4n) is 3.03. The molecule has 1 unspecified atom stereocenters. The van der Waals surface area contributed by atoms with Crippen molar-refractivity contribution in [3.8, 4) is 27.2 Å². The van der Waals surface area contributed by atoms with Crippen molar-refractivity contribution in [2.45, 2.75) is 12.5 Å². The van der Waals surface area contributed by atoms with Crippen LogP contribution in [0.3, 0.4) is 0 Å². The van der Waals surface area contributed by atoms with Gasteiger partial charge in [-0.3, -0.25) is 4.79 Å². The van der Waals surface area contributed by atoms with Crippen molar-refractivity contribution in [1.29, 1.82) is 5.26 Å². The van der Waals surface area contributed by atoms with Gasteiger partial charge in [-0.1, -0.05) is 54.6 Å². The van der Waals surface area contributed by atoms with Crippen LogP contribution in [0.5, 0.6) is 0 Å². The molecule has 0 radical (unpaired) electrons. The van der Waals surface area contributed by atoms with Gasteiger partial charge in [-0.25, -0.2) is 9.37 Å². The lowest BCUT2D eigenvalue weighted by Gasteiger charge is -2.12. The minimum Gasteiger partial charge on any atom is -0.336 e. The molecular weight excluding hydrogens is 417 g/mol. The number of hydrogen-bond acceptors (Lipinski definition) is 5. The summed E-state index contributed by atoms with van der Waals surface area (Å²) in [6, 6.07) is 20.6. The molecule has 4 aromatic rings. The van der Waals surface area contributed by atoms with Crippen LogP contribution in [0.25, 0.3) is 21.1 Å². The number of carbonyl (C=O) groups is 1. The third-order valence-electron chi connectivity index (χ3n) is 4.44. The number of hydrogen-bond donors (Lipinski definition) is 1. The van der Waals surface area contributed by atoms with Gasteiger partial charge >= 0.3 is 0 Å². The number of nitrogens with one attached hydrogen (secondary N) is 1. The standard InChI is InChI=1S/C23H16FN3OS2/c24-17-10-5-4-9-16(17)18(14-25)26-21(28)13-20-22(19-11-6-12-29-19)27-23(30-20)15-7-2-1-3-8-15/h1-12,18H,13H2,(H,26,28).